The molecule has 1 spiro atoms. The van der Waals surface area contributed by atoms with Crippen molar-refractivity contribution in [2.24, 2.45) is 46.3 Å². The average Bonchev–Trinajstić information content (AvgIpc) is 3.15. The molecule has 0 amide bonds. The number of hydrogen-bond donors (Lipinski definition) is 0. The first-order chi connectivity index (χ1) is 13.9. The maximum absolute atomic E-state index is 6.89. The summed E-state index contributed by atoms with van der Waals surface area (Å²) in [7, 11) is 0. The first-order valence-electron chi connectivity index (χ1n) is 12.6. The van der Waals surface area contributed by atoms with Gasteiger partial charge >= 0.3 is 0 Å². The highest BCUT2D eigenvalue weighted by Gasteiger charge is 2.68. The minimum Gasteiger partial charge on any atom is -0.349 e. The molecule has 0 aromatic heterocycles. The molecule has 4 aliphatic carbocycles. The zero-order valence-electron chi connectivity index (χ0n) is 19.0. The van der Waals surface area contributed by atoms with Crippen molar-refractivity contribution in [2.45, 2.75) is 91.0 Å². The monoisotopic (exact) mass is 396 g/mol. The number of fused-ring (bicyclic) bond motifs is 7. The van der Waals surface area contributed by atoms with Gasteiger partial charge in [-0.25, -0.2) is 0 Å². The molecule has 10 atom stereocenters. The van der Waals surface area contributed by atoms with Gasteiger partial charge in [-0.1, -0.05) is 45.9 Å². The van der Waals surface area contributed by atoms with Gasteiger partial charge in [-0.05, 0) is 90.9 Å². The summed E-state index contributed by atoms with van der Waals surface area (Å²) in [5.41, 5.74) is 2.51. The Morgan fingerprint density at radius 3 is 2.69 bits per heavy atom. The summed E-state index contributed by atoms with van der Waals surface area (Å²) in [5, 5.41) is 0. The fraction of sp³-hybridized carbons (Fsp3) is 0.852. The summed E-state index contributed by atoms with van der Waals surface area (Å²) in [6, 6.07) is 0. The Kier molecular flexibility index (Phi) is 4.10. The number of hydrogen-bond acceptors (Lipinski definition) is 2. The molecule has 29 heavy (non-hydrogen) atoms. The van der Waals surface area contributed by atoms with E-state index in [1.165, 1.54) is 44.9 Å². The molecule has 160 valence electrons. The zero-order valence-corrected chi connectivity index (χ0v) is 19.0. The van der Waals surface area contributed by atoms with Crippen LogP contribution in [-0.2, 0) is 9.47 Å². The SMILES string of the molecule is C[C@@H]1CC[C@@]2(OC1)O[C@H]1C[C@H]3[C@@H]4CC=C5C=CCC[C@]5(C)[C@@H]4CC[C@]3(C)[C@H]1[C@@H]2C. The summed E-state index contributed by atoms with van der Waals surface area (Å²) >= 11 is 0. The van der Waals surface area contributed by atoms with Crippen molar-refractivity contribution in [3.05, 3.63) is 23.8 Å². The molecule has 0 aromatic rings. The van der Waals surface area contributed by atoms with Crippen molar-refractivity contribution >= 4 is 0 Å². The van der Waals surface area contributed by atoms with Crippen LogP contribution in [0.15, 0.2) is 23.8 Å². The van der Waals surface area contributed by atoms with Crippen LogP contribution in [0.5, 0.6) is 0 Å². The van der Waals surface area contributed by atoms with E-state index in [4.69, 9.17) is 9.47 Å². The Balaban J connectivity index is 1.30. The molecule has 2 saturated heterocycles. The summed E-state index contributed by atoms with van der Waals surface area (Å²) < 4.78 is 13.4. The van der Waals surface area contributed by atoms with Crippen LogP contribution in [0.1, 0.15) is 79.1 Å². The molecule has 0 radical (unpaired) electrons. The van der Waals surface area contributed by atoms with E-state index in [0.29, 0.717) is 34.7 Å². The Bertz CT molecular complexity index is 744. The molecule has 0 bridgehead atoms. The Labute approximate surface area is 177 Å². The molecule has 4 fully saturated rings. The van der Waals surface area contributed by atoms with E-state index < -0.39 is 0 Å². The third-order valence-corrected chi connectivity index (χ3v) is 10.9. The Morgan fingerprint density at radius 2 is 1.90 bits per heavy atom. The normalized spacial score (nSPS) is 58.3. The predicted octanol–water partition coefficient (Wildman–Crippen LogP) is 6.52. The molecule has 2 saturated carbocycles. The van der Waals surface area contributed by atoms with Crippen LogP contribution in [-0.4, -0.2) is 18.5 Å². The van der Waals surface area contributed by atoms with E-state index in [1.54, 1.807) is 5.57 Å². The first-order valence-corrected chi connectivity index (χ1v) is 12.6. The molecule has 0 unspecified atom stereocenters. The summed E-state index contributed by atoms with van der Waals surface area (Å²) in [6.45, 7) is 10.9. The Morgan fingerprint density at radius 1 is 1.03 bits per heavy atom. The Hall–Kier alpha value is -0.600. The van der Waals surface area contributed by atoms with Crippen LogP contribution in [0.25, 0.3) is 0 Å². The van der Waals surface area contributed by atoms with Crippen LogP contribution in [0.4, 0.5) is 0 Å². The smallest absolute Gasteiger partial charge is 0.171 e. The summed E-state index contributed by atoms with van der Waals surface area (Å²) in [6.07, 6.45) is 18.3. The van der Waals surface area contributed by atoms with Crippen molar-refractivity contribution < 1.29 is 9.47 Å². The van der Waals surface area contributed by atoms with E-state index in [9.17, 15) is 0 Å². The summed E-state index contributed by atoms with van der Waals surface area (Å²) in [4.78, 5) is 0. The molecule has 6 rings (SSSR count). The fourth-order valence-electron chi connectivity index (χ4n) is 9.32. The number of ether oxygens (including phenoxy) is 2. The first kappa shape index (κ1) is 19.1. The fourth-order valence-corrected chi connectivity index (χ4v) is 9.32. The summed E-state index contributed by atoms with van der Waals surface area (Å²) in [5.74, 6) is 4.20. The van der Waals surface area contributed by atoms with Gasteiger partial charge < -0.3 is 9.47 Å². The van der Waals surface area contributed by atoms with Crippen molar-refractivity contribution in [2.75, 3.05) is 6.61 Å². The molecule has 0 N–H and O–H groups in total. The van der Waals surface area contributed by atoms with Gasteiger partial charge in [-0.2, -0.15) is 0 Å². The van der Waals surface area contributed by atoms with Gasteiger partial charge in [-0.15, -0.1) is 0 Å². The number of allylic oxidation sites excluding steroid dienone is 4. The van der Waals surface area contributed by atoms with E-state index in [2.05, 4.69) is 45.9 Å². The molecule has 2 aliphatic heterocycles. The molecular formula is C27H40O2. The largest absolute Gasteiger partial charge is 0.349 e. The van der Waals surface area contributed by atoms with E-state index in [0.717, 1.165) is 30.8 Å². The van der Waals surface area contributed by atoms with Gasteiger partial charge in [0, 0.05) is 12.3 Å². The average molecular weight is 397 g/mol. The second kappa shape index (κ2) is 6.22. The second-order valence-corrected chi connectivity index (χ2v) is 12.1. The van der Waals surface area contributed by atoms with Crippen molar-refractivity contribution in [1.82, 2.24) is 0 Å². The lowest BCUT2D eigenvalue weighted by Crippen LogP contribution is -2.51. The molecule has 2 heterocycles. The van der Waals surface area contributed by atoms with Crippen molar-refractivity contribution in [3.8, 4) is 0 Å². The third kappa shape index (κ3) is 2.42. The van der Waals surface area contributed by atoms with Crippen LogP contribution >= 0.6 is 0 Å². The van der Waals surface area contributed by atoms with Gasteiger partial charge in [0.1, 0.15) is 0 Å². The maximum Gasteiger partial charge on any atom is 0.171 e. The molecule has 2 heteroatoms. The quantitative estimate of drug-likeness (QED) is 0.464. The lowest BCUT2D eigenvalue weighted by atomic mass is 9.47. The molecular weight excluding hydrogens is 356 g/mol. The second-order valence-electron chi connectivity index (χ2n) is 12.1. The third-order valence-electron chi connectivity index (χ3n) is 10.9. The lowest BCUT2D eigenvalue weighted by Gasteiger charge is -2.57. The lowest BCUT2D eigenvalue weighted by molar-refractivity contribution is -0.272. The van der Waals surface area contributed by atoms with Crippen LogP contribution in [0, 0.1) is 46.3 Å². The van der Waals surface area contributed by atoms with Crippen LogP contribution in [0.2, 0.25) is 0 Å². The minimum absolute atomic E-state index is 0.271. The predicted molar refractivity (Wildman–Crippen MR) is 116 cm³/mol. The molecule has 6 aliphatic rings. The van der Waals surface area contributed by atoms with E-state index in [-0.39, 0.29) is 5.79 Å². The standard InChI is InChI=1S/C27H40O2/c1-17-10-14-27(28-16-17)18(2)24-23(29-27)15-22-20-9-8-19-7-5-6-12-25(19,3)21(20)11-13-26(22,24)4/h5,7-8,17-18,20-24H,6,9-16H2,1-4H3/t17-,18+,20-,21-,22+,23+,24+,25+,26+,27-/m1/s1. The van der Waals surface area contributed by atoms with Crippen LogP contribution in [0.3, 0.4) is 0 Å². The highest BCUT2D eigenvalue weighted by atomic mass is 16.7. The van der Waals surface area contributed by atoms with Gasteiger partial charge in [0.15, 0.2) is 5.79 Å². The number of rotatable bonds is 0. The maximum atomic E-state index is 6.89. The van der Waals surface area contributed by atoms with Crippen molar-refractivity contribution in [1.29, 1.82) is 0 Å². The van der Waals surface area contributed by atoms with Gasteiger partial charge in [-0.3, -0.25) is 0 Å². The van der Waals surface area contributed by atoms with Crippen LogP contribution < -0.4 is 0 Å². The molecule has 0 aromatic carbocycles. The molecule has 2 nitrogen and oxygen atoms in total. The van der Waals surface area contributed by atoms with E-state index >= 15 is 0 Å². The highest BCUT2D eigenvalue weighted by molar-refractivity contribution is 5.34. The van der Waals surface area contributed by atoms with E-state index in [1.807, 2.05) is 0 Å². The topological polar surface area (TPSA) is 18.5 Å². The van der Waals surface area contributed by atoms with Gasteiger partial charge in [0.2, 0.25) is 0 Å². The van der Waals surface area contributed by atoms with Gasteiger partial charge in [0.25, 0.3) is 0 Å². The van der Waals surface area contributed by atoms with Crippen molar-refractivity contribution in [3.63, 3.8) is 0 Å². The van der Waals surface area contributed by atoms with Gasteiger partial charge in [0.05, 0.1) is 12.7 Å². The zero-order chi connectivity index (χ0) is 20.0. The highest BCUT2D eigenvalue weighted by Crippen LogP contribution is 2.70. The minimum atomic E-state index is -0.271.